The molecule has 0 unspecified atom stereocenters. The summed E-state index contributed by atoms with van der Waals surface area (Å²) in [5, 5.41) is 0. The Balaban J connectivity index is 0. The smallest absolute Gasteiger partial charge is 0.0800 e. The number of quaternary nitrogens is 2. The molecule has 0 aliphatic heterocycles. The van der Waals surface area contributed by atoms with Gasteiger partial charge in [-0.1, -0.05) is 67.6 Å². The first-order chi connectivity index (χ1) is 8.72. The van der Waals surface area contributed by atoms with Gasteiger partial charge < -0.3 is 36.7 Å². The van der Waals surface area contributed by atoms with Gasteiger partial charge in [0.2, 0.25) is 0 Å². The summed E-state index contributed by atoms with van der Waals surface area (Å²) in [6.45, 7) is 3.29. The molecule has 0 spiro atoms. The van der Waals surface area contributed by atoms with E-state index in [1.165, 1.54) is 11.1 Å². The zero-order valence-corrected chi connectivity index (χ0v) is 14.4. The van der Waals surface area contributed by atoms with E-state index in [0.29, 0.717) is 0 Å². The Hall–Kier alpha value is -1.06. The Labute approximate surface area is 140 Å². The van der Waals surface area contributed by atoms with Gasteiger partial charge >= 0.3 is 0 Å². The molecule has 4 heteroatoms. The van der Waals surface area contributed by atoms with Crippen LogP contribution in [0.2, 0.25) is 0 Å². The van der Waals surface area contributed by atoms with Crippen molar-refractivity contribution in [2.45, 2.75) is 19.8 Å². The maximum atomic E-state index is 4.15. The first-order valence-electron chi connectivity index (χ1n) is 6.59. The molecule has 0 amide bonds. The van der Waals surface area contributed by atoms with Crippen LogP contribution in [0.4, 0.5) is 0 Å². The van der Waals surface area contributed by atoms with Crippen LogP contribution in [0.1, 0.15) is 18.1 Å². The number of benzene rings is 2. The quantitative estimate of drug-likeness (QED) is 0.591. The van der Waals surface area contributed by atoms with E-state index in [-0.39, 0.29) is 36.4 Å². The number of halogens is 2. The Bertz CT molecular complexity index is 433. The van der Waals surface area contributed by atoms with Crippen molar-refractivity contribution in [1.82, 2.24) is 6.15 Å². The third-order valence-corrected chi connectivity index (χ3v) is 3.55. The van der Waals surface area contributed by atoms with E-state index in [1.807, 2.05) is 0 Å². The van der Waals surface area contributed by atoms with E-state index < -0.39 is 0 Å². The molecule has 0 radical (unpaired) electrons. The Kier molecular flexibility index (Phi) is 11.3. The highest BCUT2D eigenvalue weighted by Gasteiger charge is 2.25. The average Bonchev–Trinajstić information content (AvgIpc) is 2.41. The second-order valence-corrected chi connectivity index (χ2v) is 5.39. The lowest BCUT2D eigenvalue weighted by atomic mass is 9.78. The summed E-state index contributed by atoms with van der Waals surface area (Å²) in [5.41, 5.74) is 7.19. The topological polar surface area (TPSA) is 64.1 Å². The maximum Gasteiger partial charge on any atom is 0.0800 e. The molecule has 2 aromatic carbocycles. The van der Waals surface area contributed by atoms with Crippen LogP contribution >= 0.6 is 0 Å². The minimum atomic E-state index is 0. The normalized spacial score (nSPS) is 9.81. The molecule has 0 aliphatic rings. The van der Waals surface area contributed by atoms with Crippen molar-refractivity contribution in [3.05, 3.63) is 71.8 Å². The molecule has 0 saturated heterocycles. The highest BCUT2D eigenvalue weighted by atomic mass is 35.5. The fourth-order valence-corrected chi connectivity index (χ4v) is 2.42. The number of rotatable bonds is 5. The van der Waals surface area contributed by atoms with E-state index in [4.69, 9.17) is 0 Å². The van der Waals surface area contributed by atoms with E-state index >= 15 is 0 Å². The van der Waals surface area contributed by atoms with Crippen molar-refractivity contribution >= 4 is 0 Å². The van der Waals surface area contributed by atoms with Gasteiger partial charge in [0.25, 0.3) is 0 Å². The van der Waals surface area contributed by atoms with Gasteiger partial charge in [-0.3, -0.25) is 0 Å². The van der Waals surface area contributed by atoms with Gasteiger partial charge in [-0.25, -0.2) is 0 Å². The minimum absolute atomic E-state index is 0. The van der Waals surface area contributed by atoms with Gasteiger partial charge in [-0.05, 0) is 24.0 Å². The second kappa shape index (κ2) is 10.6. The number of hydrogen-bond acceptors (Lipinski definition) is 0. The van der Waals surface area contributed by atoms with Crippen molar-refractivity contribution in [1.29, 1.82) is 0 Å². The van der Waals surface area contributed by atoms with Gasteiger partial charge in [-0.2, -0.15) is 0 Å². The largest absolute Gasteiger partial charge is 1.00 e. The van der Waals surface area contributed by atoms with Gasteiger partial charge in [0.1, 0.15) is 0 Å². The van der Waals surface area contributed by atoms with Crippen LogP contribution in [0.5, 0.6) is 0 Å². The standard InChI is InChI=1S/C17H21N.2ClH.H3N/c1-17(14-18,12-15-8-4-2-5-9-15)13-16-10-6-3-7-11-16;;;/h2-11H,12-14,18H2,1H3;2*1H;1H3. The Morgan fingerprint density at radius 2 is 1.10 bits per heavy atom. The van der Waals surface area contributed by atoms with Crippen LogP contribution in [-0.4, -0.2) is 6.54 Å². The van der Waals surface area contributed by atoms with Gasteiger partial charge in [0, 0.05) is 5.41 Å². The Morgan fingerprint density at radius 3 is 1.38 bits per heavy atom. The van der Waals surface area contributed by atoms with E-state index in [9.17, 15) is 0 Å². The van der Waals surface area contributed by atoms with Crippen LogP contribution in [0.15, 0.2) is 60.7 Å². The minimum Gasteiger partial charge on any atom is -1.00 e. The molecule has 0 saturated carbocycles. The molecule has 0 heterocycles. The van der Waals surface area contributed by atoms with E-state index in [1.54, 1.807) is 0 Å². The summed E-state index contributed by atoms with van der Waals surface area (Å²) in [5.74, 6) is 0. The molecule has 0 bridgehead atoms. The zero-order chi connectivity index (χ0) is 12.8. The molecular weight excluding hydrogens is 303 g/mol. The summed E-state index contributed by atoms with van der Waals surface area (Å²) in [7, 11) is 0. The fraction of sp³-hybridized carbons (Fsp3) is 0.294. The zero-order valence-electron chi connectivity index (χ0n) is 12.9. The summed E-state index contributed by atoms with van der Waals surface area (Å²) in [6, 6.07) is 21.4. The third-order valence-electron chi connectivity index (χ3n) is 3.55. The first kappa shape index (κ1) is 22.2. The fourth-order valence-electron chi connectivity index (χ4n) is 2.42. The van der Waals surface area contributed by atoms with Crippen molar-refractivity contribution in [3.63, 3.8) is 0 Å². The highest BCUT2D eigenvalue weighted by Crippen LogP contribution is 2.25. The summed E-state index contributed by atoms with van der Waals surface area (Å²) in [4.78, 5) is 0. The van der Waals surface area contributed by atoms with E-state index in [2.05, 4.69) is 73.3 Å². The van der Waals surface area contributed by atoms with Crippen molar-refractivity contribution < 1.29 is 30.5 Å². The van der Waals surface area contributed by atoms with Crippen molar-refractivity contribution in [2.24, 2.45) is 5.41 Å². The van der Waals surface area contributed by atoms with E-state index in [0.717, 1.165) is 19.4 Å². The summed E-state index contributed by atoms with van der Waals surface area (Å²) >= 11 is 0. The molecule has 0 fully saturated rings. The van der Waals surface area contributed by atoms with Crippen LogP contribution < -0.4 is 36.7 Å². The van der Waals surface area contributed by atoms with Gasteiger partial charge in [0.05, 0.1) is 6.54 Å². The lowest BCUT2D eigenvalue weighted by Gasteiger charge is -2.26. The molecular formula is C17H26Cl2N2. The molecule has 0 aromatic heterocycles. The predicted molar refractivity (Wildman–Crippen MR) is 82.1 cm³/mol. The number of hydrogen-bond donors (Lipinski definition) is 2. The van der Waals surface area contributed by atoms with Gasteiger partial charge in [0.15, 0.2) is 0 Å². The molecule has 0 atom stereocenters. The van der Waals surface area contributed by atoms with Crippen molar-refractivity contribution in [2.75, 3.05) is 6.54 Å². The molecule has 118 valence electrons. The first-order valence-corrected chi connectivity index (χ1v) is 6.59. The van der Waals surface area contributed by atoms with Crippen LogP contribution in [-0.2, 0) is 12.8 Å². The highest BCUT2D eigenvalue weighted by molar-refractivity contribution is 5.20. The SMILES string of the molecule is CC(C[NH3+])(Cc1ccccc1)Cc1ccccc1.[Cl-].[Cl-].[NH4+]. The van der Waals surface area contributed by atoms with Crippen molar-refractivity contribution in [3.8, 4) is 0 Å². The third kappa shape index (κ3) is 6.96. The van der Waals surface area contributed by atoms with Crippen LogP contribution in [0, 0.1) is 5.41 Å². The van der Waals surface area contributed by atoms with Gasteiger partial charge in [-0.15, -0.1) is 0 Å². The molecule has 2 nitrogen and oxygen atoms in total. The second-order valence-electron chi connectivity index (χ2n) is 5.39. The van der Waals surface area contributed by atoms with Crippen LogP contribution in [0.3, 0.4) is 0 Å². The lowest BCUT2D eigenvalue weighted by Crippen LogP contribution is -3.00. The molecule has 7 N–H and O–H groups in total. The van der Waals surface area contributed by atoms with Crippen LogP contribution in [0.25, 0.3) is 0 Å². The Morgan fingerprint density at radius 1 is 0.762 bits per heavy atom. The summed E-state index contributed by atoms with van der Waals surface area (Å²) in [6.07, 6.45) is 2.18. The molecule has 21 heavy (non-hydrogen) atoms. The lowest BCUT2D eigenvalue weighted by molar-refractivity contribution is -0.391. The average molecular weight is 329 g/mol. The predicted octanol–water partition coefficient (Wildman–Crippen LogP) is -2.90. The molecule has 2 rings (SSSR count). The molecule has 2 aromatic rings. The summed E-state index contributed by atoms with van der Waals surface area (Å²) < 4.78 is 0. The maximum absolute atomic E-state index is 4.15. The monoisotopic (exact) mass is 328 g/mol. The molecule has 0 aliphatic carbocycles.